The number of amides is 2. The van der Waals surface area contributed by atoms with Gasteiger partial charge in [0.15, 0.2) is 0 Å². The van der Waals surface area contributed by atoms with Gasteiger partial charge >= 0.3 is 0 Å². The van der Waals surface area contributed by atoms with E-state index in [1.54, 1.807) is 56.9 Å². The molecule has 2 aromatic rings. The first-order chi connectivity index (χ1) is 19.2. The van der Waals surface area contributed by atoms with Crippen LogP contribution >= 0.6 is 11.6 Å². The summed E-state index contributed by atoms with van der Waals surface area (Å²) in [7, 11) is -3.83. The topological polar surface area (TPSA) is 122 Å². The van der Waals surface area contributed by atoms with Crippen LogP contribution < -0.4 is 15.8 Å². The number of carbonyl (C=O) groups is 2. The summed E-state index contributed by atoms with van der Waals surface area (Å²) in [5.41, 5.74) is 6.13. The van der Waals surface area contributed by atoms with Gasteiger partial charge in [-0.1, -0.05) is 67.9 Å². The molecule has 0 radical (unpaired) electrons. The van der Waals surface area contributed by atoms with Crippen molar-refractivity contribution in [2.24, 2.45) is 5.73 Å². The van der Waals surface area contributed by atoms with Gasteiger partial charge in [0.25, 0.3) is 0 Å². The van der Waals surface area contributed by atoms with Crippen molar-refractivity contribution in [1.82, 2.24) is 14.9 Å². The van der Waals surface area contributed by atoms with Crippen molar-refractivity contribution in [3.8, 4) is 0 Å². The number of nitrogens with zero attached hydrogens (tertiary/aromatic N) is 1. The Hall–Kier alpha value is -2.72. The minimum absolute atomic E-state index is 0.0730. The molecule has 2 aromatic carbocycles. The van der Waals surface area contributed by atoms with Gasteiger partial charge in [-0.2, -0.15) is 0 Å². The molecular weight excluding hydrogens is 560 g/mol. The fourth-order valence-electron chi connectivity index (χ4n) is 4.61. The monoisotopic (exact) mass is 604 g/mol. The summed E-state index contributed by atoms with van der Waals surface area (Å²) >= 11 is 6.04. The molecule has 0 bridgehead atoms. The molecule has 0 fully saturated rings. The highest BCUT2D eigenvalue weighted by atomic mass is 35.5. The molecule has 1 aliphatic heterocycles. The molecule has 0 aliphatic carbocycles. The summed E-state index contributed by atoms with van der Waals surface area (Å²) < 4.78 is 29.1. The Bertz CT molecular complexity index is 1320. The van der Waals surface area contributed by atoms with Crippen LogP contribution in [-0.2, 0) is 26.0 Å². The normalized spacial score (nSPS) is 16.4. The van der Waals surface area contributed by atoms with Crippen molar-refractivity contribution < 1.29 is 18.0 Å². The van der Waals surface area contributed by atoms with Gasteiger partial charge in [-0.25, -0.2) is 13.1 Å². The predicted molar refractivity (Wildman–Crippen MR) is 168 cm³/mol. The third-order valence-corrected chi connectivity index (χ3v) is 8.88. The van der Waals surface area contributed by atoms with Crippen LogP contribution in [0.5, 0.6) is 0 Å². The lowest BCUT2D eigenvalue weighted by atomic mass is 9.92. The number of benzene rings is 2. The molecule has 1 aliphatic rings. The average molecular weight is 605 g/mol. The van der Waals surface area contributed by atoms with E-state index in [1.165, 1.54) is 0 Å². The number of hydrogen-bond acceptors (Lipinski definition) is 5. The van der Waals surface area contributed by atoms with Gasteiger partial charge < -0.3 is 16.0 Å². The van der Waals surface area contributed by atoms with Crippen LogP contribution in [0.3, 0.4) is 0 Å². The number of hydrogen-bond donors (Lipinski definition) is 3. The number of likely N-dealkylation sites (N-methyl/N-ethyl adjacent to an activating group) is 1. The van der Waals surface area contributed by atoms with Crippen LogP contribution in [0.4, 0.5) is 0 Å². The molecule has 41 heavy (non-hydrogen) atoms. The van der Waals surface area contributed by atoms with Crippen molar-refractivity contribution in [3.05, 3.63) is 76.3 Å². The Morgan fingerprint density at radius 2 is 1.66 bits per heavy atom. The van der Waals surface area contributed by atoms with Crippen molar-refractivity contribution >= 4 is 38.3 Å². The van der Waals surface area contributed by atoms with E-state index in [1.807, 2.05) is 51.1 Å². The molecule has 0 spiro atoms. The van der Waals surface area contributed by atoms with E-state index in [9.17, 15) is 18.0 Å². The van der Waals surface area contributed by atoms with Gasteiger partial charge in [-0.3, -0.25) is 9.59 Å². The molecule has 0 aromatic heterocycles. The molecule has 0 saturated heterocycles. The van der Waals surface area contributed by atoms with Crippen molar-refractivity contribution in [2.45, 2.75) is 84.8 Å². The first kappa shape index (κ1) is 34.5. The highest BCUT2D eigenvalue weighted by Gasteiger charge is 2.44. The average Bonchev–Trinajstić information content (AvgIpc) is 3.10. The number of sulfonamides is 1. The first-order valence-corrected chi connectivity index (χ1v) is 16.0. The SMILES string of the molecule is CC.CCN(CC1=C(c2ccc(Cl)cc2)S(=O)(=O)NC1(C)C)C(=O)[C@@H](CCCc1ccccc1)NC(=O)C(C)(C)N. The van der Waals surface area contributed by atoms with E-state index >= 15 is 0 Å². The zero-order chi connectivity index (χ0) is 31.0. The van der Waals surface area contributed by atoms with E-state index in [2.05, 4.69) is 10.0 Å². The minimum atomic E-state index is -3.83. The largest absolute Gasteiger partial charge is 0.343 e. The zero-order valence-corrected chi connectivity index (χ0v) is 26.8. The smallest absolute Gasteiger partial charge is 0.245 e. The van der Waals surface area contributed by atoms with E-state index in [4.69, 9.17) is 17.3 Å². The van der Waals surface area contributed by atoms with E-state index in [-0.39, 0.29) is 17.4 Å². The molecule has 0 unspecified atom stereocenters. The highest BCUT2D eigenvalue weighted by Crippen LogP contribution is 2.38. The lowest BCUT2D eigenvalue weighted by Crippen LogP contribution is -2.56. The lowest BCUT2D eigenvalue weighted by Gasteiger charge is -2.32. The third kappa shape index (κ3) is 9.13. The number of halogens is 1. The van der Waals surface area contributed by atoms with Crippen molar-refractivity contribution in [1.29, 1.82) is 0 Å². The Morgan fingerprint density at radius 1 is 1.07 bits per heavy atom. The van der Waals surface area contributed by atoms with Crippen LogP contribution in [-0.4, -0.2) is 55.3 Å². The number of aryl methyl sites for hydroxylation is 1. The van der Waals surface area contributed by atoms with E-state index in [0.29, 0.717) is 35.5 Å². The third-order valence-electron chi connectivity index (χ3n) is 6.83. The van der Waals surface area contributed by atoms with E-state index < -0.39 is 33.1 Å². The van der Waals surface area contributed by atoms with E-state index in [0.717, 1.165) is 12.0 Å². The number of nitrogens with two attached hydrogens (primary N) is 1. The highest BCUT2D eigenvalue weighted by molar-refractivity contribution is 7.99. The summed E-state index contributed by atoms with van der Waals surface area (Å²) in [6, 6.07) is 15.7. The summed E-state index contributed by atoms with van der Waals surface area (Å²) in [4.78, 5) is 28.4. The molecular formula is C31H45ClN4O4S. The van der Waals surface area contributed by atoms with Crippen LogP contribution in [0.1, 0.15) is 72.4 Å². The van der Waals surface area contributed by atoms with Gasteiger partial charge in [0.05, 0.1) is 16.0 Å². The summed E-state index contributed by atoms with van der Waals surface area (Å²) in [5, 5.41) is 3.34. The van der Waals surface area contributed by atoms with Crippen LogP contribution in [0, 0.1) is 0 Å². The molecule has 1 heterocycles. The fourth-order valence-corrected chi connectivity index (χ4v) is 6.72. The van der Waals surface area contributed by atoms with Crippen LogP contribution in [0.25, 0.3) is 4.91 Å². The lowest BCUT2D eigenvalue weighted by molar-refractivity contribution is -0.137. The first-order valence-electron chi connectivity index (χ1n) is 14.1. The summed E-state index contributed by atoms with van der Waals surface area (Å²) in [6.07, 6.45) is 1.83. The number of carbonyl (C=O) groups excluding carboxylic acids is 2. The second kappa shape index (κ2) is 14.4. The summed E-state index contributed by atoms with van der Waals surface area (Å²) in [5.74, 6) is -0.714. The Morgan fingerprint density at radius 3 is 2.20 bits per heavy atom. The van der Waals surface area contributed by atoms with Gasteiger partial charge in [-0.05, 0) is 82.7 Å². The van der Waals surface area contributed by atoms with Gasteiger partial charge in [-0.15, -0.1) is 0 Å². The van der Waals surface area contributed by atoms with Crippen molar-refractivity contribution in [3.63, 3.8) is 0 Å². The quantitative estimate of drug-likeness (QED) is 0.337. The van der Waals surface area contributed by atoms with Gasteiger partial charge in [0.2, 0.25) is 21.8 Å². The Balaban J connectivity index is 0.00000287. The standard InChI is InChI=1S/C29H39ClN4O4S.C2H6/c1-6-34(19-23-25(21-15-17-22(30)18-16-21)39(37,38)33-29(23,4)5)26(35)24(32-27(36)28(2,3)31)14-10-13-20-11-8-7-9-12-20;1-2/h7-9,11-12,15-18,24,33H,6,10,13-14,19,31H2,1-5H3,(H,32,36);1-2H3/t24-;/m1./s1. The molecule has 4 N–H and O–H groups in total. The van der Waals surface area contributed by atoms with Crippen LogP contribution in [0.15, 0.2) is 60.2 Å². The zero-order valence-electron chi connectivity index (χ0n) is 25.3. The molecule has 8 nitrogen and oxygen atoms in total. The van der Waals surface area contributed by atoms with Gasteiger partial charge in [0, 0.05) is 18.1 Å². The fraction of sp³-hybridized carbons (Fsp3) is 0.484. The Kier molecular flexibility index (Phi) is 12.1. The second-order valence-corrected chi connectivity index (χ2v) is 13.1. The molecule has 0 saturated carbocycles. The molecule has 10 heteroatoms. The summed E-state index contributed by atoms with van der Waals surface area (Å²) in [6.45, 7) is 13.0. The number of nitrogens with one attached hydrogen (secondary N) is 2. The maximum Gasteiger partial charge on any atom is 0.245 e. The maximum absolute atomic E-state index is 13.9. The molecule has 2 amide bonds. The predicted octanol–water partition coefficient (Wildman–Crippen LogP) is 4.88. The molecule has 3 rings (SSSR count). The van der Waals surface area contributed by atoms with Gasteiger partial charge in [0.1, 0.15) is 6.04 Å². The Labute approximate surface area is 250 Å². The van der Waals surface area contributed by atoms with Crippen molar-refractivity contribution in [2.75, 3.05) is 13.1 Å². The minimum Gasteiger partial charge on any atom is -0.343 e. The molecule has 226 valence electrons. The van der Waals surface area contributed by atoms with Crippen LogP contribution in [0.2, 0.25) is 5.02 Å². The molecule has 1 atom stereocenters. The number of rotatable bonds is 11. The second-order valence-electron chi connectivity index (χ2n) is 11.0. The maximum atomic E-state index is 13.9.